The maximum absolute atomic E-state index is 12.1. The second kappa shape index (κ2) is 7.58. The van der Waals surface area contributed by atoms with E-state index in [0.29, 0.717) is 17.8 Å². The molecule has 0 aliphatic carbocycles. The largest absolute Gasteiger partial charge is 0.507 e. The molecule has 0 spiro atoms. The molecular formula is C19H20O4. The van der Waals surface area contributed by atoms with Gasteiger partial charge < -0.3 is 9.84 Å². The van der Waals surface area contributed by atoms with Gasteiger partial charge in [-0.25, -0.2) is 4.79 Å². The molecule has 0 amide bonds. The first kappa shape index (κ1) is 16.7. The molecule has 1 unspecified atom stereocenters. The van der Waals surface area contributed by atoms with E-state index in [9.17, 15) is 14.7 Å². The first-order valence-corrected chi connectivity index (χ1v) is 7.62. The summed E-state index contributed by atoms with van der Waals surface area (Å²) in [4.78, 5) is 22.7. The molecule has 2 rings (SSSR count). The van der Waals surface area contributed by atoms with Crippen molar-refractivity contribution in [2.24, 2.45) is 5.92 Å². The number of carbonyl (C=O) groups excluding carboxylic acids is 2. The normalized spacial score (nSPS) is 11.7. The molecule has 120 valence electrons. The molecule has 4 nitrogen and oxygen atoms in total. The predicted octanol–water partition coefficient (Wildman–Crippen LogP) is 4.01. The number of phenols is 1. The average molecular weight is 312 g/mol. The van der Waals surface area contributed by atoms with Crippen LogP contribution in [-0.4, -0.2) is 17.4 Å². The van der Waals surface area contributed by atoms with E-state index in [1.807, 2.05) is 12.1 Å². The van der Waals surface area contributed by atoms with Crippen molar-refractivity contribution in [2.75, 3.05) is 0 Å². The van der Waals surface area contributed by atoms with Crippen LogP contribution in [0.15, 0.2) is 42.5 Å². The Morgan fingerprint density at radius 3 is 2.48 bits per heavy atom. The number of aromatic hydroxyl groups is 1. The number of esters is 1. The van der Waals surface area contributed by atoms with Gasteiger partial charge in [-0.2, -0.15) is 0 Å². The van der Waals surface area contributed by atoms with Crippen molar-refractivity contribution in [3.05, 3.63) is 59.2 Å². The molecule has 0 aliphatic heterocycles. The summed E-state index contributed by atoms with van der Waals surface area (Å²) in [5, 5.41) is 9.60. The molecule has 2 aromatic carbocycles. The molecule has 0 aromatic heterocycles. The molecule has 0 saturated heterocycles. The second-order valence-electron chi connectivity index (χ2n) is 5.64. The van der Waals surface area contributed by atoms with Crippen molar-refractivity contribution in [2.45, 2.75) is 26.7 Å². The van der Waals surface area contributed by atoms with Crippen molar-refractivity contribution in [1.82, 2.24) is 0 Å². The lowest BCUT2D eigenvalue weighted by molar-refractivity contribution is 0.0734. The van der Waals surface area contributed by atoms with E-state index in [1.165, 1.54) is 23.8 Å². The van der Waals surface area contributed by atoms with Gasteiger partial charge in [0.05, 0.1) is 11.1 Å². The predicted molar refractivity (Wildman–Crippen MR) is 88.1 cm³/mol. The van der Waals surface area contributed by atoms with Crippen LogP contribution in [-0.2, 0) is 6.42 Å². The summed E-state index contributed by atoms with van der Waals surface area (Å²) >= 11 is 0. The van der Waals surface area contributed by atoms with Crippen LogP contribution in [0.2, 0.25) is 0 Å². The molecular weight excluding hydrogens is 292 g/mol. The lowest BCUT2D eigenvalue weighted by Crippen LogP contribution is -2.08. The third-order valence-corrected chi connectivity index (χ3v) is 3.81. The molecule has 2 aromatic rings. The van der Waals surface area contributed by atoms with E-state index in [2.05, 4.69) is 13.8 Å². The van der Waals surface area contributed by atoms with Crippen LogP contribution < -0.4 is 4.74 Å². The zero-order valence-electron chi connectivity index (χ0n) is 13.3. The number of benzene rings is 2. The van der Waals surface area contributed by atoms with Crippen LogP contribution in [0, 0.1) is 5.92 Å². The lowest BCUT2D eigenvalue weighted by atomic mass is 9.98. The van der Waals surface area contributed by atoms with E-state index in [-0.39, 0.29) is 17.1 Å². The first-order valence-electron chi connectivity index (χ1n) is 7.62. The summed E-state index contributed by atoms with van der Waals surface area (Å²) < 4.78 is 5.21. The summed E-state index contributed by atoms with van der Waals surface area (Å²) in [6.07, 6.45) is 2.63. The Morgan fingerprint density at radius 2 is 1.91 bits per heavy atom. The summed E-state index contributed by atoms with van der Waals surface area (Å²) in [5.41, 5.74) is 1.78. The standard InChI is InChI=1S/C19H20O4/c1-3-13(2)10-14-4-6-15(7-5-14)19(22)23-17-9-8-16(12-20)18(21)11-17/h4-9,11-13,21H,3,10H2,1-2H3. The minimum Gasteiger partial charge on any atom is -0.507 e. The molecule has 1 atom stereocenters. The van der Waals surface area contributed by atoms with Gasteiger partial charge in [0.25, 0.3) is 0 Å². The average Bonchev–Trinajstić information content (AvgIpc) is 2.55. The SMILES string of the molecule is CCC(C)Cc1ccc(C(=O)Oc2ccc(C=O)c(O)c2)cc1. The van der Waals surface area contributed by atoms with Gasteiger partial charge in [0.1, 0.15) is 11.5 Å². The van der Waals surface area contributed by atoms with Gasteiger partial charge in [0, 0.05) is 6.07 Å². The van der Waals surface area contributed by atoms with E-state index >= 15 is 0 Å². The Kier molecular flexibility index (Phi) is 5.52. The van der Waals surface area contributed by atoms with Gasteiger partial charge in [-0.3, -0.25) is 4.79 Å². The van der Waals surface area contributed by atoms with Gasteiger partial charge >= 0.3 is 5.97 Å². The Labute approximate surface area is 135 Å². The molecule has 0 radical (unpaired) electrons. The number of ether oxygens (including phenoxy) is 1. The van der Waals surface area contributed by atoms with Crippen LogP contribution in [0.1, 0.15) is 46.5 Å². The van der Waals surface area contributed by atoms with E-state index < -0.39 is 5.97 Å². The Hall–Kier alpha value is -2.62. The second-order valence-corrected chi connectivity index (χ2v) is 5.64. The van der Waals surface area contributed by atoms with Gasteiger partial charge in [-0.05, 0) is 42.2 Å². The van der Waals surface area contributed by atoms with Gasteiger partial charge in [0.2, 0.25) is 0 Å². The van der Waals surface area contributed by atoms with Crippen molar-refractivity contribution in [1.29, 1.82) is 0 Å². The number of hydrogen-bond acceptors (Lipinski definition) is 4. The van der Waals surface area contributed by atoms with Gasteiger partial charge in [-0.1, -0.05) is 32.4 Å². The first-order chi connectivity index (χ1) is 11.0. The maximum Gasteiger partial charge on any atom is 0.343 e. The monoisotopic (exact) mass is 312 g/mol. The van der Waals surface area contributed by atoms with Gasteiger partial charge in [0.15, 0.2) is 6.29 Å². The fourth-order valence-corrected chi connectivity index (χ4v) is 2.18. The Morgan fingerprint density at radius 1 is 1.22 bits per heavy atom. The molecule has 0 fully saturated rings. The van der Waals surface area contributed by atoms with Crippen LogP contribution >= 0.6 is 0 Å². The summed E-state index contributed by atoms with van der Waals surface area (Å²) in [7, 11) is 0. The topological polar surface area (TPSA) is 63.6 Å². The highest BCUT2D eigenvalue weighted by Gasteiger charge is 2.11. The van der Waals surface area contributed by atoms with Crippen molar-refractivity contribution >= 4 is 12.3 Å². The van der Waals surface area contributed by atoms with Crippen molar-refractivity contribution < 1.29 is 19.4 Å². The molecule has 0 bridgehead atoms. The van der Waals surface area contributed by atoms with Crippen LogP contribution in [0.25, 0.3) is 0 Å². The van der Waals surface area contributed by atoms with E-state index in [0.717, 1.165) is 12.8 Å². The molecule has 0 saturated carbocycles. The fraction of sp³-hybridized carbons (Fsp3) is 0.263. The smallest absolute Gasteiger partial charge is 0.343 e. The molecule has 1 N–H and O–H groups in total. The quantitative estimate of drug-likeness (QED) is 0.497. The lowest BCUT2D eigenvalue weighted by Gasteiger charge is -2.09. The zero-order valence-corrected chi connectivity index (χ0v) is 13.3. The summed E-state index contributed by atoms with van der Waals surface area (Å²) in [5.74, 6) is 0.0847. The number of carbonyl (C=O) groups is 2. The maximum atomic E-state index is 12.1. The van der Waals surface area contributed by atoms with Crippen molar-refractivity contribution in [3.8, 4) is 11.5 Å². The summed E-state index contributed by atoms with van der Waals surface area (Å²) in [6.45, 7) is 4.35. The number of hydrogen-bond donors (Lipinski definition) is 1. The third kappa shape index (κ3) is 4.42. The summed E-state index contributed by atoms with van der Waals surface area (Å²) in [6, 6.07) is 11.4. The molecule has 0 aliphatic rings. The highest BCUT2D eigenvalue weighted by Crippen LogP contribution is 2.23. The van der Waals surface area contributed by atoms with E-state index in [1.54, 1.807) is 12.1 Å². The molecule has 23 heavy (non-hydrogen) atoms. The number of rotatable bonds is 6. The Bertz CT molecular complexity index is 689. The highest BCUT2D eigenvalue weighted by molar-refractivity contribution is 5.91. The highest BCUT2D eigenvalue weighted by atomic mass is 16.5. The number of phenolic OH excluding ortho intramolecular Hbond substituents is 1. The fourth-order valence-electron chi connectivity index (χ4n) is 2.18. The van der Waals surface area contributed by atoms with Gasteiger partial charge in [-0.15, -0.1) is 0 Å². The molecule has 4 heteroatoms. The number of aldehydes is 1. The van der Waals surface area contributed by atoms with Crippen LogP contribution in [0.3, 0.4) is 0 Å². The Balaban J connectivity index is 2.05. The minimum absolute atomic E-state index is 0.152. The van der Waals surface area contributed by atoms with Crippen molar-refractivity contribution in [3.63, 3.8) is 0 Å². The zero-order chi connectivity index (χ0) is 16.8. The van der Waals surface area contributed by atoms with Crippen LogP contribution in [0.4, 0.5) is 0 Å². The minimum atomic E-state index is -0.502. The van der Waals surface area contributed by atoms with E-state index in [4.69, 9.17) is 4.74 Å². The molecule has 0 heterocycles. The van der Waals surface area contributed by atoms with Crippen LogP contribution in [0.5, 0.6) is 11.5 Å². The third-order valence-electron chi connectivity index (χ3n) is 3.81.